The van der Waals surface area contributed by atoms with E-state index in [4.69, 9.17) is 0 Å². The normalized spacial score (nSPS) is 18.8. The lowest BCUT2D eigenvalue weighted by Crippen LogP contribution is -2.33. The average Bonchev–Trinajstić information content (AvgIpc) is 3.49. The van der Waals surface area contributed by atoms with Gasteiger partial charge in [0.05, 0.1) is 29.3 Å². The van der Waals surface area contributed by atoms with Crippen LogP contribution in [0.25, 0.3) is 6.08 Å². The van der Waals surface area contributed by atoms with Crippen molar-refractivity contribution in [1.29, 1.82) is 0 Å². The summed E-state index contributed by atoms with van der Waals surface area (Å²) in [7, 11) is -7.00. The first-order valence-electron chi connectivity index (χ1n) is 10.9. The molecule has 0 saturated heterocycles. The second-order valence-electron chi connectivity index (χ2n) is 8.69. The predicted octanol–water partition coefficient (Wildman–Crippen LogP) is 2.98. The fourth-order valence-electron chi connectivity index (χ4n) is 4.35. The molecule has 7 nitrogen and oxygen atoms in total. The average molecular weight is 484 g/mol. The highest BCUT2D eigenvalue weighted by Gasteiger charge is 2.46. The molecule has 33 heavy (non-hydrogen) atoms. The van der Waals surface area contributed by atoms with Crippen LogP contribution in [0, 0.1) is 0 Å². The van der Waals surface area contributed by atoms with Crippen LogP contribution in [0.5, 0.6) is 0 Å². The molecule has 2 aliphatic rings. The minimum Gasteiger partial charge on any atom is -0.264 e. The summed E-state index contributed by atoms with van der Waals surface area (Å²) in [5.41, 5.74) is 3.24. The van der Waals surface area contributed by atoms with E-state index >= 15 is 0 Å². The van der Waals surface area contributed by atoms with Gasteiger partial charge in [-0.05, 0) is 30.0 Å². The number of nitrogens with zero attached hydrogens (tertiary/aromatic N) is 2. The van der Waals surface area contributed by atoms with Crippen LogP contribution >= 0.6 is 0 Å². The summed E-state index contributed by atoms with van der Waals surface area (Å²) in [5.74, 6) is -0.0543. The van der Waals surface area contributed by atoms with Crippen LogP contribution in [0.2, 0.25) is 0 Å². The molecule has 1 saturated carbocycles. The zero-order valence-corrected chi connectivity index (χ0v) is 19.6. The number of rotatable bonds is 7. The Balaban J connectivity index is 1.44. The molecule has 0 spiro atoms. The van der Waals surface area contributed by atoms with Gasteiger partial charge in [0, 0.05) is 23.1 Å². The maximum atomic E-state index is 12.9. The fourth-order valence-corrected chi connectivity index (χ4v) is 6.99. The fraction of sp³-hybridized carbons (Fsp3) is 0.292. The Labute approximate surface area is 194 Å². The zero-order chi connectivity index (χ0) is 23.1. The highest BCUT2D eigenvalue weighted by Crippen LogP contribution is 2.46. The van der Waals surface area contributed by atoms with E-state index in [1.54, 1.807) is 4.68 Å². The second kappa shape index (κ2) is 8.23. The van der Waals surface area contributed by atoms with Crippen LogP contribution in [0.3, 0.4) is 0 Å². The van der Waals surface area contributed by atoms with Crippen LogP contribution < -0.4 is 4.72 Å². The van der Waals surface area contributed by atoms with Gasteiger partial charge >= 0.3 is 0 Å². The molecule has 172 valence electrons. The summed E-state index contributed by atoms with van der Waals surface area (Å²) in [6.07, 6.45) is 3.27. The molecule has 2 heterocycles. The zero-order valence-electron chi connectivity index (χ0n) is 18.0. The SMILES string of the molecule is O=S1(=O)CCc2c(c(/C=C/S(=O)(=O)NC3(c4ccccc4)CC3)nn2Cc2ccccc2)C1. The van der Waals surface area contributed by atoms with Crippen LogP contribution in [0.4, 0.5) is 0 Å². The second-order valence-corrected chi connectivity index (χ2v) is 12.4. The number of benzene rings is 2. The van der Waals surface area contributed by atoms with Gasteiger partial charge in [0.15, 0.2) is 9.84 Å². The molecule has 1 N–H and O–H groups in total. The third-order valence-electron chi connectivity index (χ3n) is 6.21. The minimum atomic E-state index is -3.76. The molecule has 9 heteroatoms. The molecule has 1 fully saturated rings. The molecule has 0 radical (unpaired) electrons. The van der Waals surface area contributed by atoms with E-state index < -0.39 is 25.4 Å². The van der Waals surface area contributed by atoms with Crippen molar-refractivity contribution in [2.45, 2.75) is 37.1 Å². The van der Waals surface area contributed by atoms with E-state index in [-0.39, 0.29) is 11.5 Å². The first-order chi connectivity index (χ1) is 15.8. The Morgan fingerprint density at radius 1 is 1.03 bits per heavy atom. The Morgan fingerprint density at radius 2 is 1.70 bits per heavy atom. The van der Waals surface area contributed by atoms with E-state index in [1.807, 2.05) is 60.7 Å². The van der Waals surface area contributed by atoms with E-state index in [1.165, 1.54) is 6.08 Å². The van der Waals surface area contributed by atoms with Gasteiger partial charge in [-0.3, -0.25) is 4.68 Å². The van der Waals surface area contributed by atoms with Crippen molar-refractivity contribution in [3.8, 4) is 0 Å². The summed E-state index contributed by atoms with van der Waals surface area (Å²) in [6.45, 7) is 0.499. The summed E-state index contributed by atoms with van der Waals surface area (Å²) >= 11 is 0. The first-order valence-corrected chi connectivity index (χ1v) is 14.2. The van der Waals surface area contributed by atoms with Crippen molar-refractivity contribution in [2.24, 2.45) is 0 Å². The summed E-state index contributed by atoms with van der Waals surface area (Å²) < 4.78 is 54.9. The number of nitrogens with one attached hydrogen (secondary N) is 1. The number of aromatic nitrogens is 2. The highest BCUT2D eigenvalue weighted by atomic mass is 32.2. The van der Waals surface area contributed by atoms with Gasteiger partial charge in [-0.25, -0.2) is 21.6 Å². The number of hydrogen-bond donors (Lipinski definition) is 1. The van der Waals surface area contributed by atoms with Crippen molar-refractivity contribution in [3.63, 3.8) is 0 Å². The van der Waals surface area contributed by atoms with Crippen molar-refractivity contribution in [3.05, 3.63) is 94.1 Å². The lowest BCUT2D eigenvalue weighted by Gasteiger charge is -2.16. The van der Waals surface area contributed by atoms with Gasteiger partial charge in [-0.15, -0.1) is 0 Å². The van der Waals surface area contributed by atoms with Gasteiger partial charge in [0.25, 0.3) is 0 Å². The van der Waals surface area contributed by atoms with E-state index in [9.17, 15) is 16.8 Å². The summed E-state index contributed by atoms with van der Waals surface area (Å²) in [5, 5.41) is 5.70. The molecule has 2 aromatic carbocycles. The molecule has 3 aromatic rings. The lowest BCUT2D eigenvalue weighted by molar-refractivity contribution is 0.560. The van der Waals surface area contributed by atoms with Gasteiger partial charge in [-0.1, -0.05) is 60.7 Å². The van der Waals surface area contributed by atoms with Gasteiger partial charge in [-0.2, -0.15) is 5.10 Å². The Morgan fingerprint density at radius 3 is 2.36 bits per heavy atom. The van der Waals surface area contributed by atoms with Crippen LogP contribution in [0.1, 0.15) is 40.9 Å². The first kappa shape index (κ1) is 22.1. The predicted molar refractivity (Wildman–Crippen MR) is 127 cm³/mol. The Hall–Kier alpha value is -2.75. The molecule has 1 aliphatic carbocycles. The van der Waals surface area contributed by atoms with E-state index in [0.29, 0.717) is 24.2 Å². The Kier molecular flexibility index (Phi) is 5.50. The maximum Gasteiger partial charge on any atom is 0.234 e. The molecule has 0 bridgehead atoms. The van der Waals surface area contributed by atoms with E-state index in [2.05, 4.69) is 9.82 Å². The topological polar surface area (TPSA) is 98.1 Å². The molecule has 1 aromatic heterocycles. The highest BCUT2D eigenvalue weighted by molar-refractivity contribution is 7.92. The van der Waals surface area contributed by atoms with Crippen LogP contribution in [-0.4, -0.2) is 32.4 Å². The van der Waals surface area contributed by atoms with Gasteiger partial charge in [0.2, 0.25) is 10.0 Å². The standard InChI is InChI=1S/C24H25N3O4S2/c28-32(29)15-12-23-21(18-32)22(25-27(23)17-19-7-3-1-4-8-19)11-16-33(30,31)26-24(13-14-24)20-9-5-2-6-10-20/h1-11,16,26H,12-15,17-18H2/b16-11+. The largest absolute Gasteiger partial charge is 0.264 e. The van der Waals surface area contributed by atoms with E-state index in [0.717, 1.165) is 35.1 Å². The van der Waals surface area contributed by atoms with Gasteiger partial charge < -0.3 is 0 Å². The lowest BCUT2D eigenvalue weighted by atomic mass is 10.1. The number of sulfonamides is 1. The molecular formula is C24H25N3O4S2. The van der Waals surface area contributed by atoms with Crippen molar-refractivity contribution in [1.82, 2.24) is 14.5 Å². The monoisotopic (exact) mass is 483 g/mol. The quantitative estimate of drug-likeness (QED) is 0.557. The molecule has 0 atom stereocenters. The minimum absolute atomic E-state index is 0.0725. The number of fused-ring (bicyclic) bond motifs is 1. The molecule has 5 rings (SSSR count). The number of sulfone groups is 1. The van der Waals surface area contributed by atoms with Crippen LogP contribution in [0.15, 0.2) is 66.1 Å². The summed E-state index contributed by atoms with van der Waals surface area (Å²) in [4.78, 5) is 0. The Bertz CT molecular complexity index is 1410. The third-order valence-corrected chi connectivity index (χ3v) is 8.93. The van der Waals surface area contributed by atoms with Crippen LogP contribution in [-0.2, 0) is 44.1 Å². The van der Waals surface area contributed by atoms with Crippen molar-refractivity contribution >= 4 is 25.9 Å². The van der Waals surface area contributed by atoms with Crippen molar-refractivity contribution in [2.75, 3.05) is 5.75 Å². The number of hydrogen-bond acceptors (Lipinski definition) is 5. The summed E-state index contributed by atoms with van der Waals surface area (Å²) in [6, 6.07) is 19.3. The maximum absolute atomic E-state index is 12.9. The smallest absolute Gasteiger partial charge is 0.234 e. The molecule has 0 unspecified atom stereocenters. The molecular weight excluding hydrogens is 458 g/mol. The molecule has 1 aliphatic heterocycles. The van der Waals surface area contributed by atoms with Crippen molar-refractivity contribution < 1.29 is 16.8 Å². The third kappa shape index (κ3) is 4.80. The van der Waals surface area contributed by atoms with Gasteiger partial charge in [0.1, 0.15) is 0 Å². The molecule has 0 amide bonds.